The van der Waals surface area contributed by atoms with Crippen LogP contribution in [-0.4, -0.2) is 20.1 Å². The lowest BCUT2D eigenvalue weighted by molar-refractivity contribution is 0.103. The molecular formula is C20H17NO4S. The molecular weight excluding hydrogens is 350 g/mol. The standard InChI is InChI=1S/C20H17NO4S/c1-23-13-7-8-17(24-2)15(10-13)21-20(22)18-9-12-11-25-16-6-4-3-5-14(16)19(12)26-18/h3-10H,11H2,1-2H3,(H,21,22). The van der Waals surface area contributed by atoms with Crippen LogP contribution in [0.1, 0.15) is 15.2 Å². The monoisotopic (exact) mass is 367 g/mol. The molecule has 3 aromatic rings. The first-order chi connectivity index (χ1) is 12.7. The van der Waals surface area contributed by atoms with Gasteiger partial charge in [0.25, 0.3) is 5.91 Å². The zero-order chi connectivity index (χ0) is 18.1. The van der Waals surface area contributed by atoms with Crippen LogP contribution in [0.3, 0.4) is 0 Å². The van der Waals surface area contributed by atoms with Crippen LogP contribution in [0.4, 0.5) is 5.69 Å². The van der Waals surface area contributed by atoms with Crippen molar-refractivity contribution in [2.24, 2.45) is 0 Å². The molecule has 5 nitrogen and oxygen atoms in total. The molecule has 0 saturated heterocycles. The highest BCUT2D eigenvalue weighted by Crippen LogP contribution is 2.42. The highest BCUT2D eigenvalue weighted by molar-refractivity contribution is 7.17. The summed E-state index contributed by atoms with van der Waals surface area (Å²) >= 11 is 1.46. The fourth-order valence-corrected chi connectivity index (χ4v) is 4.00. The second-order valence-corrected chi connectivity index (χ2v) is 6.82. The summed E-state index contributed by atoms with van der Waals surface area (Å²) in [7, 11) is 3.15. The Morgan fingerprint density at radius 2 is 1.96 bits per heavy atom. The minimum absolute atomic E-state index is 0.187. The fourth-order valence-electron chi connectivity index (χ4n) is 2.91. The largest absolute Gasteiger partial charge is 0.497 e. The molecule has 1 amide bonds. The highest BCUT2D eigenvalue weighted by Gasteiger charge is 2.23. The number of ether oxygens (including phenoxy) is 3. The Bertz CT molecular complexity index is 980. The lowest BCUT2D eigenvalue weighted by Gasteiger charge is -2.16. The number of rotatable bonds is 4. The van der Waals surface area contributed by atoms with Gasteiger partial charge in [0.05, 0.1) is 24.8 Å². The number of hydrogen-bond donors (Lipinski definition) is 1. The molecule has 26 heavy (non-hydrogen) atoms. The average Bonchev–Trinajstić information content (AvgIpc) is 3.13. The van der Waals surface area contributed by atoms with Crippen LogP contribution in [0.15, 0.2) is 48.5 Å². The number of anilines is 1. The summed E-state index contributed by atoms with van der Waals surface area (Å²) in [4.78, 5) is 14.5. The van der Waals surface area contributed by atoms with E-state index in [0.717, 1.165) is 21.8 Å². The molecule has 2 aromatic carbocycles. The number of amides is 1. The first kappa shape index (κ1) is 16.5. The first-order valence-electron chi connectivity index (χ1n) is 8.08. The van der Waals surface area contributed by atoms with Crippen molar-refractivity contribution < 1.29 is 19.0 Å². The van der Waals surface area contributed by atoms with Crippen LogP contribution in [0.2, 0.25) is 0 Å². The summed E-state index contributed by atoms with van der Waals surface area (Å²) in [5, 5.41) is 2.91. The lowest BCUT2D eigenvalue weighted by atomic mass is 10.1. The minimum atomic E-state index is -0.187. The molecule has 1 aliphatic heterocycles. The van der Waals surface area contributed by atoms with Crippen LogP contribution in [-0.2, 0) is 6.61 Å². The van der Waals surface area contributed by atoms with E-state index in [2.05, 4.69) is 5.32 Å². The van der Waals surface area contributed by atoms with E-state index in [-0.39, 0.29) is 5.91 Å². The maximum absolute atomic E-state index is 12.8. The molecule has 0 fully saturated rings. The summed E-state index contributed by atoms with van der Waals surface area (Å²) in [5.74, 6) is 1.89. The van der Waals surface area contributed by atoms with Crippen LogP contribution < -0.4 is 19.5 Å². The molecule has 0 aliphatic carbocycles. The molecule has 132 valence electrons. The van der Waals surface area contributed by atoms with Gasteiger partial charge in [-0.25, -0.2) is 0 Å². The van der Waals surface area contributed by atoms with Gasteiger partial charge in [0, 0.05) is 22.1 Å². The van der Waals surface area contributed by atoms with Gasteiger partial charge in [-0.15, -0.1) is 11.3 Å². The zero-order valence-corrected chi connectivity index (χ0v) is 15.2. The summed E-state index contributed by atoms with van der Waals surface area (Å²) in [6, 6.07) is 15.0. The van der Waals surface area contributed by atoms with Gasteiger partial charge in [-0.1, -0.05) is 12.1 Å². The molecule has 0 unspecified atom stereocenters. The molecule has 1 aliphatic rings. The number of nitrogens with one attached hydrogen (secondary N) is 1. The molecule has 1 N–H and O–H groups in total. The van der Waals surface area contributed by atoms with Gasteiger partial charge >= 0.3 is 0 Å². The van der Waals surface area contributed by atoms with Gasteiger partial charge in [-0.05, 0) is 30.3 Å². The molecule has 0 atom stereocenters. The number of carbonyl (C=O) groups excluding carboxylic acids is 1. The van der Waals surface area contributed by atoms with Gasteiger partial charge < -0.3 is 19.5 Å². The molecule has 4 rings (SSSR count). The van der Waals surface area contributed by atoms with Crippen molar-refractivity contribution in [2.75, 3.05) is 19.5 Å². The van der Waals surface area contributed by atoms with Gasteiger partial charge in [0.15, 0.2) is 0 Å². The lowest BCUT2D eigenvalue weighted by Crippen LogP contribution is -2.11. The summed E-state index contributed by atoms with van der Waals surface area (Å²) in [6.07, 6.45) is 0. The number of benzene rings is 2. The predicted octanol–water partition coefficient (Wildman–Crippen LogP) is 4.58. The fraction of sp³-hybridized carbons (Fsp3) is 0.150. The molecule has 2 heterocycles. The van der Waals surface area contributed by atoms with E-state index in [1.54, 1.807) is 32.4 Å². The summed E-state index contributed by atoms with van der Waals surface area (Å²) in [6.45, 7) is 0.471. The third-order valence-corrected chi connectivity index (χ3v) is 5.41. The van der Waals surface area contributed by atoms with Crippen molar-refractivity contribution >= 4 is 22.9 Å². The Labute approximate surface area is 155 Å². The van der Waals surface area contributed by atoms with Crippen LogP contribution in [0.5, 0.6) is 17.2 Å². The highest BCUT2D eigenvalue weighted by atomic mass is 32.1. The second kappa shape index (κ2) is 6.72. The SMILES string of the molecule is COc1ccc(OC)c(NC(=O)c2cc3c(s2)-c2ccccc2OC3)c1. The van der Waals surface area contributed by atoms with E-state index < -0.39 is 0 Å². The van der Waals surface area contributed by atoms with E-state index in [1.807, 2.05) is 30.3 Å². The zero-order valence-electron chi connectivity index (χ0n) is 14.4. The average molecular weight is 367 g/mol. The normalized spacial score (nSPS) is 11.8. The number of carbonyl (C=O) groups is 1. The van der Waals surface area contributed by atoms with Crippen LogP contribution in [0.25, 0.3) is 10.4 Å². The van der Waals surface area contributed by atoms with Crippen molar-refractivity contribution in [3.63, 3.8) is 0 Å². The van der Waals surface area contributed by atoms with Crippen LogP contribution >= 0.6 is 11.3 Å². The minimum Gasteiger partial charge on any atom is -0.497 e. The van der Waals surface area contributed by atoms with E-state index >= 15 is 0 Å². The molecule has 1 aromatic heterocycles. The van der Waals surface area contributed by atoms with Gasteiger partial charge in [-0.3, -0.25) is 4.79 Å². The Balaban J connectivity index is 1.64. The number of methoxy groups -OCH3 is 2. The van der Waals surface area contributed by atoms with E-state index in [4.69, 9.17) is 14.2 Å². The number of thiophene rings is 1. The topological polar surface area (TPSA) is 56.8 Å². The Kier molecular flexibility index (Phi) is 4.26. The number of fused-ring (bicyclic) bond motifs is 3. The van der Waals surface area contributed by atoms with Gasteiger partial charge in [0.2, 0.25) is 0 Å². The quantitative estimate of drug-likeness (QED) is 0.733. The summed E-state index contributed by atoms with van der Waals surface area (Å²) < 4.78 is 16.3. The number of hydrogen-bond acceptors (Lipinski definition) is 5. The van der Waals surface area contributed by atoms with E-state index in [9.17, 15) is 4.79 Å². The number of para-hydroxylation sites is 1. The van der Waals surface area contributed by atoms with Crippen molar-refractivity contribution in [3.8, 4) is 27.7 Å². The van der Waals surface area contributed by atoms with E-state index in [1.165, 1.54) is 11.3 Å². The first-order valence-corrected chi connectivity index (χ1v) is 8.89. The van der Waals surface area contributed by atoms with Gasteiger partial charge in [0.1, 0.15) is 23.9 Å². The van der Waals surface area contributed by atoms with Crippen molar-refractivity contribution in [1.82, 2.24) is 0 Å². The third kappa shape index (κ3) is 2.88. The molecule has 0 saturated carbocycles. The maximum Gasteiger partial charge on any atom is 0.265 e. The predicted molar refractivity (Wildman–Crippen MR) is 102 cm³/mol. The van der Waals surface area contributed by atoms with Crippen LogP contribution in [0, 0.1) is 0 Å². The third-order valence-electron chi connectivity index (χ3n) is 4.20. The smallest absolute Gasteiger partial charge is 0.265 e. The molecule has 0 radical (unpaired) electrons. The Morgan fingerprint density at radius 1 is 1.12 bits per heavy atom. The molecule has 0 spiro atoms. The second-order valence-electron chi connectivity index (χ2n) is 5.77. The van der Waals surface area contributed by atoms with Crippen molar-refractivity contribution in [2.45, 2.75) is 6.61 Å². The van der Waals surface area contributed by atoms with Gasteiger partial charge in [-0.2, -0.15) is 0 Å². The van der Waals surface area contributed by atoms with Crippen molar-refractivity contribution in [1.29, 1.82) is 0 Å². The summed E-state index contributed by atoms with van der Waals surface area (Å²) in [5.41, 5.74) is 2.62. The Hall–Kier alpha value is -2.99. The molecule has 6 heteroatoms. The van der Waals surface area contributed by atoms with Crippen molar-refractivity contribution in [3.05, 3.63) is 59.0 Å². The molecule has 0 bridgehead atoms. The Morgan fingerprint density at radius 3 is 2.77 bits per heavy atom. The van der Waals surface area contributed by atoms with E-state index in [0.29, 0.717) is 28.7 Å². The maximum atomic E-state index is 12.8.